The number of carbonyl (C=O) groups is 1. The number of halogens is 3. The minimum Gasteiger partial charge on any atom is -0.298 e. The molecule has 2 aliphatic carbocycles. The van der Waals surface area contributed by atoms with Crippen molar-refractivity contribution in [3.8, 4) is 22.3 Å². The Balaban J connectivity index is 1.77. The van der Waals surface area contributed by atoms with E-state index in [-0.39, 0.29) is 5.56 Å². The number of benzene rings is 2. The first-order valence-electron chi connectivity index (χ1n) is 9.69. The fourth-order valence-electron chi connectivity index (χ4n) is 3.80. The molecule has 0 fully saturated rings. The first-order valence-corrected chi connectivity index (χ1v) is 9.69. The lowest BCUT2D eigenvalue weighted by Gasteiger charge is -2.12. The molecule has 0 unspecified atom stereocenters. The predicted molar refractivity (Wildman–Crippen MR) is 113 cm³/mol. The quantitative estimate of drug-likeness (QED) is 0.325. The first kappa shape index (κ1) is 19.9. The first-order chi connectivity index (χ1) is 14.5. The lowest BCUT2D eigenvalue weighted by Crippen LogP contribution is -2.06. The maximum atomic E-state index is 13.6. The van der Waals surface area contributed by atoms with Gasteiger partial charge in [0, 0.05) is 5.56 Å². The van der Waals surface area contributed by atoms with E-state index in [0.717, 1.165) is 24.5 Å². The van der Waals surface area contributed by atoms with Crippen molar-refractivity contribution in [1.82, 2.24) is 0 Å². The molecule has 150 valence electrons. The summed E-state index contributed by atoms with van der Waals surface area (Å²) in [4.78, 5) is 11.6. The second-order valence-electron chi connectivity index (χ2n) is 7.23. The Morgan fingerprint density at radius 2 is 1.23 bits per heavy atom. The van der Waals surface area contributed by atoms with Crippen LogP contribution in [0.1, 0.15) is 27.0 Å². The second kappa shape index (κ2) is 8.15. The fourth-order valence-corrected chi connectivity index (χ4v) is 3.80. The molecule has 2 aromatic rings. The molecule has 0 atom stereocenters. The van der Waals surface area contributed by atoms with Crippen LogP contribution >= 0.6 is 0 Å². The molecule has 2 aliphatic rings. The molecule has 0 saturated heterocycles. The van der Waals surface area contributed by atoms with Crippen LogP contribution in [0.15, 0.2) is 84.9 Å². The molecule has 0 bridgehead atoms. The zero-order valence-electron chi connectivity index (χ0n) is 16.1. The summed E-state index contributed by atoms with van der Waals surface area (Å²) in [5, 5.41) is 0. The summed E-state index contributed by atoms with van der Waals surface area (Å²) in [5.74, 6) is 0. The number of rotatable bonds is 5. The highest BCUT2D eigenvalue weighted by Gasteiger charge is 2.34. The molecule has 0 amide bonds. The van der Waals surface area contributed by atoms with E-state index in [0.29, 0.717) is 28.5 Å². The van der Waals surface area contributed by atoms with Gasteiger partial charge >= 0.3 is 6.18 Å². The van der Waals surface area contributed by atoms with E-state index in [2.05, 4.69) is 12.1 Å². The molecule has 0 N–H and O–H groups in total. The average molecular weight is 404 g/mol. The Bertz CT molecular complexity index is 1150. The molecule has 2 aromatic carbocycles. The van der Waals surface area contributed by atoms with Crippen molar-refractivity contribution in [2.45, 2.75) is 19.0 Å². The van der Waals surface area contributed by atoms with Gasteiger partial charge in [0.25, 0.3) is 0 Å². The number of aryl methyl sites for hydroxylation is 2. The minimum absolute atomic E-state index is 0.0835. The number of hydrogen-bond donors (Lipinski definition) is 0. The van der Waals surface area contributed by atoms with E-state index in [1.807, 2.05) is 42.5 Å². The van der Waals surface area contributed by atoms with E-state index in [1.54, 1.807) is 12.1 Å². The Hall–Kier alpha value is -3.40. The Labute approximate surface area is 173 Å². The summed E-state index contributed by atoms with van der Waals surface area (Å²) < 4.78 is 40.7. The van der Waals surface area contributed by atoms with Crippen molar-refractivity contribution in [2.24, 2.45) is 0 Å². The SMILES string of the molecule is O=Cc1cc(-c2ccccc2C(F)(F)F)c2ccc(CCc3ccccc3)ccc1-2. The van der Waals surface area contributed by atoms with Gasteiger partial charge in [0.05, 0.1) is 5.56 Å². The summed E-state index contributed by atoms with van der Waals surface area (Å²) in [6, 6.07) is 24.7. The maximum Gasteiger partial charge on any atom is 0.417 e. The minimum atomic E-state index is -4.47. The Kier molecular flexibility index (Phi) is 5.40. The summed E-state index contributed by atoms with van der Waals surface area (Å²) >= 11 is 0. The van der Waals surface area contributed by atoms with Gasteiger partial charge in [0.15, 0.2) is 6.29 Å². The average Bonchev–Trinajstić information content (AvgIpc) is 2.97. The van der Waals surface area contributed by atoms with Crippen molar-refractivity contribution >= 4 is 6.29 Å². The molecule has 4 heteroatoms. The third-order valence-electron chi connectivity index (χ3n) is 5.31. The normalized spacial score (nSPS) is 11.6. The van der Waals surface area contributed by atoms with E-state index >= 15 is 0 Å². The summed E-state index contributed by atoms with van der Waals surface area (Å²) in [6.45, 7) is 0. The number of fused-ring (bicyclic) bond motifs is 1. The molecule has 0 saturated carbocycles. The number of carbonyl (C=O) groups excluding carboxylic acids is 1. The Morgan fingerprint density at radius 3 is 1.90 bits per heavy atom. The molecule has 30 heavy (non-hydrogen) atoms. The van der Waals surface area contributed by atoms with Gasteiger partial charge in [-0.3, -0.25) is 4.79 Å². The monoisotopic (exact) mass is 404 g/mol. The standard InChI is InChI=1S/C26H19F3O/c27-26(28,29)25-9-5-4-8-23(25)24-16-20(17-30)21-14-12-19(13-15-22(21)24)11-10-18-6-2-1-3-7-18/h1-9,12-17H,10-11H2. The van der Waals surface area contributed by atoms with Gasteiger partial charge in [-0.1, -0.05) is 72.8 Å². The molecule has 0 spiro atoms. The van der Waals surface area contributed by atoms with Crippen LogP contribution in [0.4, 0.5) is 13.2 Å². The fraction of sp³-hybridized carbons (Fsp3) is 0.115. The van der Waals surface area contributed by atoms with Crippen molar-refractivity contribution in [3.63, 3.8) is 0 Å². The van der Waals surface area contributed by atoms with E-state index in [1.165, 1.54) is 17.7 Å². The lowest BCUT2D eigenvalue weighted by atomic mass is 9.97. The molecular formula is C26H19F3O. The van der Waals surface area contributed by atoms with Crippen LogP contribution in [0.25, 0.3) is 22.3 Å². The highest BCUT2D eigenvalue weighted by Crippen LogP contribution is 2.43. The van der Waals surface area contributed by atoms with Crippen molar-refractivity contribution in [2.75, 3.05) is 0 Å². The number of hydrogen-bond acceptors (Lipinski definition) is 1. The van der Waals surface area contributed by atoms with Crippen molar-refractivity contribution < 1.29 is 18.0 Å². The van der Waals surface area contributed by atoms with Crippen LogP contribution in [0.2, 0.25) is 0 Å². The topological polar surface area (TPSA) is 17.1 Å². The predicted octanol–water partition coefficient (Wildman–Crippen LogP) is 7.07. The molecular weight excluding hydrogens is 385 g/mol. The third-order valence-corrected chi connectivity index (χ3v) is 5.31. The van der Waals surface area contributed by atoms with Gasteiger partial charge in [-0.2, -0.15) is 13.2 Å². The molecule has 4 rings (SSSR count). The molecule has 0 heterocycles. The van der Waals surface area contributed by atoms with Gasteiger partial charge in [-0.25, -0.2) is 0 Å². The van der Waals surface area contributed by atoms with Crippen LogP contribution in [-0.4, -0.2) is 6.29 Å². The summed E-state index contributed by atoms with van der Waals surface area (Å²) in [7, 11) is 0. The van der Waals surface area contributed by atoms with Gasteiger partial charge in [0.2, 0.25) is 0 Å². The van der Waals surface area contributed by atoms with Crippen LogP contribution < -0.4 is 0 Å². The second-order valence-corrected chi connectivity index (χ2v) is 7.23. The lowest BCUT2D eigenvalue weighted by molar-refractivity contribution is -0.137. The molecule has 0 aromatic heterocycles. The van der Waals surface area contributed by atoms with Crippen LogP contribution in [0.5, 0.6) is 0 Å². The van der Waals surface area contributed by atoms with Crippen molar-refractivity contribution in [3.05, 3.63) is 107 Å². The third kappa shape index (κ3) is 3.99. The zero-order valence-corrected chi connectivity index (χ0v) is 16.1. The molecule has 1 nitrogen and oxygen atoms in total. The maximum absolute atomic E-state index is 13.6. The smallest absolute Gasteiger partial charge is 0.298 e. The van der Waals surface area contributed by atoms with Gasteiger partial charge in [-0.15, -0.1) is 0 Å². The Morgan fingerprint density at radius 1 is 0.633 bits per heavy atom. The molecule has 0 radical (unpaired) electrons. The highest BCUT2D eigenvalue weighted by molar-refractivity contribution is 5.99. The number of aldehydes is 1. The molecule has 0 aliphatic heterocycles. The summed E-state index contributed by atoms with van der Waals surface area (Å²) in [6.07, 6.45) is -2.11. The summed E-state index contributed by atoms with van der Waals surface area (Å²) in [5.41, 5.74) is 3.76. The van der Waals surface area contributed by atoms with Crippen molar-refractivity contribution in [1.29, 1.82) is 0 Å². The zero-order chi connectivity index (χ0) is 21.1. The van der Waals surface area contributed by atoms with E-state index in [4.69, 9.17) is 0 Å². The number of alkyl halides is 3. The van der Waals surface area contributed by atoms with Crippen LogP contribution in [0.3, 0.4) is 0 Å². The van der Waals surface area contributed by atoms with E-state index in [9.17, 15) is 18.0 Å². The van der Waals surface area contributed by atoms with Crippen LogP contribution in [-0.2, 0) is 19.0 Å². The highest BCUT2D eigenvalue weighted by atomic mass is 19.4. The van der Waals surface area contributed by atoms with Gasteiger partial charge in [-0.05, 0) is 58.4 Å². The van der Waals surface area contributed by atoms with Gasteiger partial charge < -0.3 is 0 Å². The largest absolute Gasteiger partial charge is 0.417 e. The van der Waals surface area contributed by atoms with Crippen LogP contribution in [0, 0.1) is 0 Å². The van der Waals surface area contributed by atoms with E-state index < -0.39 is 11.7 Å². The van der Waals surface area contributed by atoms with Gasteiger partial charge in [0.1, 0.15) is 0 Å².